The topological polar surface area (TPSA) is 52.7 Å². The molecule has 0 bridgehead atoms. The highest BCUT2D eigenvalue weighted by atomic mass is 19.1. The van der Waals surface area contributed by atoms with Gasteiger partial charge in [-0.15, -0.1) is 0 Å². The number of urea groups is 1. The van der Waals surface area contributed by atoms with Gasteiger partial charge < -0.3 is 10.2 Å². The van der Waals surface area contributed by atoms with Crippen molar-refractivity contribution in [2.24, 2.45) is 0 Å². The van der Waals surface area contributed by atoms with Crippen LogP contribution in [0.2, 0.25) is 0 Å². The Morgan fingerprint density at radius 3 is 2.80 bits per heavy atom. The lowest BCUT2D eigenvalue weighted by molar-refractivity contribution is 0.0838. The summed E-state index contributed by atoms with van der Waals surface area (Å²) in [6.45, 7) is 2.99. The average molecular weight is 277 g/mol. The maximum absolute atomic E-state index is 12.8. The SMILES string of the molecule is O=C(CN1CCN2C(=O)NCC2C1)c1ccc(F)cc1. The lowest BCUT2D eigenvalue weighted by atomic mass is 10.1. The molecule has 2 heterocycles. The van der Waals surface area contributed by atoms with Crippen molar-refractivity contribution in [2.75, 3.05) is 32.7 Å². The first-order chi connectivity index (χ1) is 9.63. The summed E-state index contributed by atoms with van der Waals surface area (Å²) < 4.78 is 12.8. The van der Waals surface area contributed by atoms with Gasteiger partial charge >= 0.3 is 6.03 Å². The van der Waals surface area contributed by atoms with Crippen molar-refractivity contribution in [3.8, 4) is 0 Å². The van der Waals surface area contributed by atoms with Crippen LogP contribution in [0.3, 0.4) is 0 Å². The Kier molecular flexibility index (Phi) is 3.40. The minimum atomic E-state index is -0.342. The molecular weight excluding hydrogens is 261 g/mol. The van der Waals surface area contributed by atoms with Gasteiger partial charge in [0.15, 0.2) is 5.78 Å². The van der Waals surface area contributed by atoms with Gasteiger partial charge in [-0.3, -0.25) is 9.69 Å². The molecule has 3 rings (SSSR count). The minimum Gasteiger partial charge on any atom is -0.336 e. The number of carbonyl (C=O) groups excluding carboxylic acids is 2. The number of ketones is 1. The molecule has 5 nitrogen and oxygen atoms in total. The van der Waals surface area contributed by atoms with E-state index in [1.807, 2.05) is 9.80 Å². The number of carbonyl (C=O) groups is 2. The summed E-state index contributed by atoms with van der Waals surface area (Å²) in [6, 6.07) is 5.75. The molecule has 0 radical (unpaired) electrons. The first-order valence-corrected chi connectivity index (χ1v) is 6.69. The number of fused-ring (bicyclic) bond motifs is 1. The summed E-state index contributed by atoms with van der Waals surface area (Å²) in [5.74, 6) is -0.360. The van der Waals surface area contributed by atoms with E-state index in [-0.39, 0.29) is 23.7 Å². The number of halogens is 1. The number of amides is 2. The van der Waals surface area contributed by atoms with E-state index in [0.29, 0.717) is 38.3 Å². The van der Waals surface area contributed by atoms with Gasteiger partial charge in [-0.05, 0) is 24.3 Å². The molecule has 20 heavy (non-hydrogen) atoms. The zero-order chi connectivity index (χ0) is 14.1. The molecule has 1 aromatic rings. The van der Waals surface area contributed by atoms with Gasteiger partial charge in [-0.1, -0.05) is 0 Å². The van der Waals surface area contributed by atoms with E-state index in [1.165, 1.54) is 24.3 Å². The molecule has 2 fully saturated rings. The Morgan fingerprint density at radius 2 is 2.05 bits per heavy atom. The van der Waals surface area contributed by atoms with Gasteiger partial charge in [0.1, 0.15) is 5.82 Å². The van der Waals surface area contributed by atoms with Gasteiger partial charge in [0.05, 0.1) is 12.6 Å². The molecule has 2 amide bonds. The van der Waals surface area contributed by atoms with Crippen LogP contribution >= 0.6 is 0 Å². The van der Waals surface area contributed by atoms with Crippen molar-refractivity contribution >= 4 is 11.8 Å². The van der Waals surface area contributed by atoms with E-state index < -0.39 is 0 Å². The monoisotopic (exact) mass is 277 g/mol. The first-order valence-electron chi connectivity index (χ1n) is 6.69. The molecule has 0 spiro atoms. The molecule has 1 atom stereocenters. The molecule has 1 unspecified atom stereocenters. The number of rotatable bonds is 3. The van der Waals surface area contributed by atoms with Crippen LogP contribution in [0.5, 0.6) is 0 Å². The van der Waals surface area contributed by atoms with Gasteiger partial charge in [0.2, 0.25) is 0 Å². The third-order valence-electron chi connectivity index (χ3n) is 3.85. The van der Waals surface area contributed by atoms with Gasteiger partial charge in [-0.2, -0.15) is 0 Å². The molecule has 6 heteroatoms. The molecule has 0 saturated carbocycles. The molecule has 0 aliphatic carbocycles. The standard InChI is InChI=1S/C14H16FN3O2/c15-11-3-1-10(2-4-11)13(19)9-17-5-6-18-12(8-17)7-16-14(18)20/h1-4,12H,5-9H2,(H,16,20). The number of hydrogen-bond donors (Lipinski definition) is 1. The van der Waals surface area contributed by atoms with Crippen LogP contribution in [0, 0.1) is 5.82 Å². The van der Waals surface area contributed by atoms with Crippen molar-refractivity contribution in [1.82, 2.24) is 15.1 Å². The lowest BCUT2D eigenvalue weighted by Crippen LogP contribution is -2.53. The van der Waals surface area contributed by atoms with Crippen molar-refractivity contribution in [3.05, 3.63) is 35.6 Å². The van der Waals surface area contributed by atoms with E-state index in [4.69, 9.17) is 0 Å². The first kappa shape index (κ1) is 13.1. The van der Waals surface area contributed by atoms with Gasteiger partial charge in [0, 0.05) is 31.7 Å². The Morgan fingerprint density at radius 1 is 1.30 bits per heavy atom. The quantitative estimate of drug-likeness (QED) is 0.828. The lowest BCUT2D eigenvalue weighted by Gasteiger charge is -2.35. The van der Waals surface area contributed by atoms with Crippen LogP contribution in [-0.2, 0) is 0 Å². The normalized spacial score (nSPS) is 22.6. The second-order valence-corrected chi connectivity index (χ2v) is 5.20. The number of piperazine rings is 1. The van der Waals surface area contributed by atoms with Crippen molar-refractivity contribution in [1.29, 1.82) is 0 Å². The highest BCUT2D eigenvalue weighted by Crippen LogP contribution is 2.14. The third kappa shape index (κ3) is 2.51. The minimum absolute atomic E-state index is 0.0143. The summed E-state index contributed by atoms with van der Waals surface area (Å²) in [5.41, 5.74) is 0.523. The smallest absolute Gasteiger partial charge is 0.317 e. The van der Waals surface area contributed by atoms with Crippen molar-refractivity contribution < 1.29 is 14.0 Å². The fraction of sp³-hybridized carbons (Fsp3) is 0.429. The van der Waals surface area contributed by atoms with Crippen LogP contribution in [0.15, 0.2) is 24.3 Å². The summed E-state index contributed by atoms with van der Waals surface area (Å²) in [4.78, 5) is 27.5. The van der Waals surface area contributed by atoms with Crippen LogP contribution in [-0.4, -0.2) is 60.4 Å². The summed E-state index contributed by atoms with van der Waals surface area (Å²) >= 11 is 0. The molecular formula is C14H16FN3O2. The van der Waals surface area contributed by atoms with E-state index in [1.54, 1.807) is 0 Å². The largest absolute Gasteiger partial charge is 0.336 e. The predicted molar refractivity (Wildman–Crippen MR) is 71.1 cm³/mol. The molecule has 1 N–H and O–H groups in total. The molecule has 2 saturated heterocycles. The zero-order valence-electron chi connectivity index (χ0n) is 11.0. The highest BCUT2D eigenvalue weighted by Gasteiger charge is 2.35. The second-order valence-electron chi connectivity index (χ2n) is 5.20. The van der Waals surface area contributed by atoms with Gasteiger partial charge in [-0.25, -0.2) is 9.18 Å². The van der Waals surface area contributed by atoms with Gasteiger partial charge in [0.25, 0.3) is 0 Å². The maximum Gasteiger partial charge on any atom is 0.317 e. The van der Waals surface area contributed by atoms with E-state index >= 15 is 0 Å². The average Bonchev–Trinajstić information content (AvgIpc) is 2.81. The molecule has 0 aromatic heterocycles. The fourth-order valence-electron chi connectivity index (χ4n) is 2.74. The number of benzene rings is 1. The molecule has 2 aliphatic rings. The number of nitrogens with one attached hydrogen (secondary N) is 1. The van der Waals surface area contributed by atoms with Crippen molar-refractivity contribution in [3.63, 3.8) is 0 Å². The van der Waals surface area contributed by atoms with Crippen LogP contribution in [0.1, 0.15) is 10.4 Å². The summed E-state index contributed by atoms with van der Waals surface area (Å²) in [5, 5.41) is 2.81. The Balaban J connectivity index is 1.60. The Labute approximate surface area is 116 Å². The van der Waals surface area contributed by atoms with Crippen molar-refractivity contribution in [2.45, 2.75) is 6.04 Å². The van der Waals surface area contributed by atoms with E-state index in [9.17, 15) is 14.0 Å². The Bertz CT molecular complexity index is 532. The number of nitrogens with zero attached hydrogens (tertiary/aromatic N) is 2. The molecule has 2 aliphatic heterocycles. The fourth-order valence-corrected chi connectivity index (χ4v) is 2.74. The van der Waals surface area contributed by atoms with E-state index in [2.05, 4.69) is 5.32 Å². The summed E-state index contributed by atoms with van der Waals surface area (Å²) in [6.07, 6.45) is 0. The second kappa shape index (κ2) is 5.20. The predicted octanol–water partition coefficient (Wildman–Crippen LogP) is 0.718. The number of hydrogen-bond acceptors (Lipinski definition) is 3. The zero-order valence-corrected chi connectivity index (χ0v) is 11.0. The summed E-state index contributed by atoms with van der Waals surface area (Å²) in [7, 11) is 0. The van der Waals surface area contributed by atoms with Crippen LogP contribution in [0.4, 0.5) is 9.18 Å². The van der Waals surface area contributed by atoms with Crippen LogP contribution in [0.25, 0.3) is 0 Å². The third-order valence-corrected chi connectivity index (χ3v) is 3.85. The van der Waals surface area contributed by atoms with Crippen LogP contribution < -0.4 is 5.32 Å². The molecule has 1 aromatic carbocycles. The maximum atomic E-state index is 12.8. The highest BCUT2D eigenvalue weighted by molar-refractivity contribution is 5.97. The molecule has 106 valence electrons. The van der Waals surface area contributed by atoms with E-state index in [0.717, 1.165) is 0 Å². The Hall–Kier alpha value is -1.95. The number of Topliss-reactive ketones (excluding diaryl/α,β-unsaturated/α-hetero) is 1.